The Morgan fingerprint density at radius 2 is 2.23 bits per heavy atom. The van der Waals surface area contributed by atoms with Crippen LogP contribution in [0.5, 0.6) is 5.75 Å². The van der Waals surface area contributed by atoms with Crippen molar-refractivity contribution >= 4 is 5.91 Å². The first kappa shape index (κ1) is 16.4. The summed E-state index contributed by atoms with van der Waals surface area (Å²) in [5.74, 6) is 2.02. The average molecular weight is 352 g/mol. The first-order chi connectivity index (χ1) is 12.6. The van der Waals surface area contributed by atoms with Crippen LogP contribution in [0.1, 0.15) is 40.7 Å². The van der Waals surface area contributed by atoms with E-state index in [1.54, 1.807) is 6.26 Å². The summed E-state index contributed by atoms with van der Waals surface area (Å²) < 4.78 is 16.6. The summed E-state index contributed by atoms with van der Waals surface area (Å²) >= 11 is 0. The number of rotatable bonds is 5. The predicted molar refractivity (Wildman–Crippen MR) is 95.0 cm³/mol. The number of carbonyl (C=O) groups excluding carboxylic acids is 1. The number of furan rings is 1. The molecule has 0 unspecified atom stereocenters. The molecule has 1 amide bonds. The van der Waals surface area contributed by atoms with E-state index in [4.69, 9.17) is 13.7 Å². The maximum absolute atomic E-state index is 12.6. The molecule has 4 rings (SSSR count). The van der Waals surface area contributed by atoms with Gasteiger partial charge in [-0.15, -0.1) is 0 Å². The Morgan fingerprint density at radius 1 is 1.35 bits per heavy atom. The van der Waals surface area contributed by atoms with E-state index in [0.717, 1.165) is 35.5 Å². The topological polar surface area (TPSA) is 77.5 Å². The Morgan fingerprint density at radius 3 is 3.04 bits per heavy atom. The first-order valence-electron chi connectivity index (χ1n) is 8.67. The Bertz CT molecular complexity index is 927. The summed E-state index contributed by atoms with van der Waals surface area (Å²) in [6.07, 6.45) is 3.19. The number of nitrogens with zero attached hydrogens (tertiary/aromatic N) is 1. The lowest BCUT2D eigenvalue weighted by Crippen LogP contribution is -2.33. The zero-order chi connectivity index (χ0) is 18.1. The van der Waals surface area contributed by atoms with Crippen LogP contribution in [-0.4, -0.2) is 17.1 Å². The molecule has 3 aromatic rings. The van der Waals surface area contributed by atoms with Crippen LogP contribution in [0.2, 0.25) is 0 Å². The number of ether oxygens (including phenoxy) is 1. The van der Waals surface area contributed by atoms with E-state index in [2.05, 4.69) is 10.5 Å². The third-order valence-electron chi connectivity index (χ3n) is 4.54. The van der Waals surface area contributed by atoms with Crippen LogP contribution < -0.4 is 10.1 Å². The fourth-order valence-electron chi connectivity index (χ4n) is 3.11. The van der Waals surface area contributed by atoms with Gasteiger partial charge in [-0.3, -0.25) is 4.79 Å². The molecule has 6 nitrogen and oxygen atoms in total. The number of benzene rings is 1. The van der Waals surface area contributed by atoms with E-state index in [-0.39, 0.29) is 24.2 Å². The number of fused-ring (bicyclic) bond motifs is 3. The normalized spacial score (nSPS) is 13.5. The molecule has 3 heterocycles. The molecular formula is C20H20N2O4. The van der Waals surface area contributed by atoms with Crippen LogP contribution in [0.3, 0.4) is 0 Å². The first-order valence-corrected chi connectivity index (χ1v) is 8.67. The zero-order valence-corrected chi connectivity index (χ0v) is 14.7. The van der Waals surface area contributed by atoms with Crippen LogP contribution >= 0.6 is 0 Å². The van der Waals surface area contributed by atoms with E-state index in [1.807, 2.05) is 44.2 Å². The van der Waals surface area contributed by atoms with E-state index in [1.165, 1.54) is 0 Å². The minimum Gasteiger partial charge on any atom is -0.488 e. The van der Waals surface area contributed by atoms with Crippen LogP contribution in [0.4, 0.5) is 0 Å². The molecule has 1 N–H and O–H groups in total. The molecule has 1 aliphatic rings. The van der Waals surface area contributed by atoms with Crippen LogP contribution in [0.25, 0.3) is 11.3 Å². The van der Waals surface area contributed by atoms with Crippen molar-refractivity contribution in [3.8, 4) is 17.1 Å². The Kier molecular flexibility index (Phi) is 4.24. The molecule has 0 fully saturated rings. The lowest BCUT2D eigenvalue weighted by atomic mass is 10.0. The molecule has 1 atom stereocenters. The van der Waals surface area contributed by atoms with Crippen molar-refractivity contribution in [3.05, 3.63) is 59.2 Å². The molecule has 1 aromatic carbocycles. The molecule has 0 saturated carbocycles. The van der Waals surface area contributed by atoms with Crippen molar-refractivity contribution in [1.29, 1.82) is 0 Å². The van der Waals surface area contributed by atoms with Gasteiger partial charge in [0.1, 0.15) is 18.1 Å². The summed E-state index contributed by atoms with van der Waals surface area (Å²) in [5, 5.41) is 6.98. The molecule has 0 aliphatic carbocycles. The van der Waals surface area contributed by atoms with E-state index in [9.17, 15) is 4.79 Å². The molecule has 2 aromatic heterocycles. The van der Waals surface area contributed by atoms with Crippen LogP contribution in [-0.2, 0) is 13.0 Å². The van der Waals surface area contributed by atoms with Crippen molar-refractivity contribution in [2.45, 2.75) is 39.3 Å². The van der Waals surface area contributed by atoms with Gasteiger partial charge in [0.05, 0.1) is 17.4 Å². The molecule has 6 heteroatoms. The SMILES string of the molecule is Cc1ccc2c(c1)-c1onc(C(=O)N[C@H](C)CCc3ccco3)c1CO2. The largest absolute Gasteiger partial charge is 0.488 e. The van der Waals surface area contributed by atoms with Gasteiger partial charge < -0.3 is 19.0 Å². The van der Waals surface area contributed by atoms with Gasteiger partial charge in [-0.05, 0) is 44.5 Å². The van der Waals surface area contributed by atoms with Crippen molar-refractivity contribution in [2.75, 3.05) is 0 Å². The Balaban J connectivity index is 1.48. The molecule has 26 heavy (non-hydrogen) atoms. The number of aromatic nitrogens is 1. The quantitative estimate of drug-likeness (QED) is 0.754. The molecule has 134 valence electrons. The van der Waals surface area contributed by atoms with Gasteiger partial charge >= 0.3 is 0 Å². The van der Waals surface area contributed by atoms with Gasteiger partial charge in [-0.1, -0.05) is 16.8 Å². The monoisotopic (exact) mass is 352 g/mol. The van der Waals surface area contributed by atoms with E-state index in [0.29, 0.717) is 11.3 Å². The highest BCUT2D eigenvalue weighted by Crippen LogP contribution is 2.39. The van der Waals surface area contributed by atoms with Crippen LogP contribution in [0.15, 0.2) is 45.5 Å². The van der Waals surface area contributed by atoms with Crippen LogP contribution in [0, 0.1) is 6.92 Å². The summed E-state index contributed by atoms with van der Waals surface area (Å²) in [4.78, 5) is 12.6. The molecular weight excluding hydrogens is 332 g/mol. The lowest BCUT2D eigenvalue weighted by Gasteiger charge is -2.17. The Hall–Kier alpha value is -3.02. The van der Waals surface area contributed by atoms with Crippen molar-refractivity contribution in [3.63, 3.8) is 0 Å². The fourth-order valence-corrected chi connectivity index (χ4v) is 3.11. The summed E-state index contributed by atoms with van der Waals surface area (Å²) in [7, 11) is 0. The molecule has 0 spiro atoms. The number of hydrogen-bond acceptors (Lipinski definition) is 5. The maximum Gasteiger partial charge on any atom is 0.274 e. The highest BCUT2D eigenvalue weighted by molar-refractivity contribution is 5.95. The maximum atomic E-state index is 12.6. The van der Waals surface area contributed by atoms with Crippen molar-refractivity contribution in [2.24, 2.45) is 0 Å². The Labute approximate surface area is 151 Å². The fraction of sp³-hybridized carbons (Fsp3) is 0.300. The second-order valence-electron chi connectivity index (χ2n) is 6.62. The summed E-state index contributed by atoms with van der Waals surface area (Å²) in [6.45, 7) is 4.24. The highest BCUT2D eigenvalue weighted by atomic mass is 16.5. The molecule has 0 saturated heterocycles. The lowest BCUT2D eigenvalue weighted by molar-refractivity contribution is 0.0927. The number of aryl methyl sites for hydroxylation is 2. The van der Waals surface area contributed by atoms with Gasteiger partial charge in [0.25, 0.3) is 5.91 Å². The number of nitrogens with one attached hydrogen (secondary N) is 1. The smallest absolute Gasteiger partial charge is 0.274 e. The summed E-state index contributed by atoms with van der Waals surface area (Å²) in [5.41, 5.74) is 2.91. The average Bonchev–Trinajstić information content (AvgIpc) is 3.29. The van der Waals surface area contributed by atoms with Gasteiger partial charge in [0.2, 0.25) is 0 Å². The number of carbonyl (C=O) groups is 1. The summed E-state index contributed by atoms with van der Waals surface area (Å²) in [6, 6.07) is 9.64. The minimum absolute atomic E-state index is 0.0148. The second-order valence-corrected chi connectivity index (χ2v) is 6.62. The standard InChI is InChI=1S/C20H20N2O4/c1-12-5-8-17-15(10-12)19-16(11-25-17)18(22-26-19)20(23)21-13(2)6-7-14-4-3-9-24-14/h3-5,8-10,13H,6-7,11H2,1-2H3,(H,21,23)/t13-/m1/s1. The van der Waals surface area contributed by atoms with Gasteiger partial charge in [0.15, 0.2) is 11.5 Å². The molecule has 0 radical (unpaired) electrons. The van der Waals surface area contributed by atoms with Crippen molar-refractivity contribution < 1.29 is 18.5 Å². The third kappa shape index (κ3) is 3.10. The van der Waals surface area contributed by atoms with E-state index >= 15 is 0 Å². The van der Waals surface area contributed by atoms with Gasteiger partial charge in [-0.25, -0.2) is 0 Å². The van der Waals surface area contributed by atoms with E-state index < -0.39 is 0 Å². The minimum atomic E-state index is -0.248. The highest BCUT2D eigenvalue weighted by Gasteiger charge is 2.29. The molecule has 0 bridgehead atoms. The predicted octanol–water partition coefficient (Wildman–Crippen LogP) is 3.89. The van der Waals surface area contributed by atoms with Crippen molar-refractivity contribution in [1.82, 2.24) is 10.5 Å². The third-order valence-corrected chi connectivity index (χ3v) is 4.54. The zero-order valence-electron chi connectivity index (χ0n) is 14.7. The molecule has 1 aliphatic heterocycles. The number of amides is 1. The van der Waals surface area contributed by atoms with Gasteiger partial charge in [-0.2, -0.15) is 0 Å². The number of hydrogen-bond donors (Lipinski definition) is 1. The van der Waals surface area contributed by atoms with Gasteiger partial charge in [0, 0.05) is 12.5 Å². The second kappa shape index (κ2) is 6.71.